The highest BCUT2D eigenvalue weighted by Gasteiger charge is 2.23. The fourth-order valence-electron chi connectivity index (χ4n) is 4.20. The van der Waals surface area contributed by atoms with Crippen molar-refractivity contribution in [3.8, 4) is 11.5 Å². The first-order chi connectivity index (χ1) is 19.9. The number of aromatic nitrogens is 4. The van der Waals surface area contributed by atoms with Crippen LogP contribution in [0.1, 0.15) is 34.6 Å². The Hall–Kier alpha value is -4.61. The Balaban J connectivity index is 1.39. The molecule has 0 radical (unpaired) electrons. The van der Waals surface area contributed by atoms with Gasteiger partial charge < -0.3 is 20.1 Å². The Labute approximate surface area is 239 Å². The molecule has 10 nitrogen and oxygen atoms in total. The van der Waals surface area contributed by atoms with E-state index in [-0.39, 0.29) is 30.0 Å². The van der Waals surface area contributed by atoms with Gasteiger partial charge in [0.05, 0.1) is 12.2 Å². The van der Waals surface area contributed by atoms with E-state index in [2.05, 4.69) is 32.4 Å². The van der Waals surface area contributed by atoms with Crippen LogP contribution in [0.2, 0.25) is 5.02 Å². The Morgan fingerprint density at radius 1 is 1.10 bits per heavy atom. The molecule has 1 amide bonds. The Kier molecular flexibility index (Phi) is 8.66. The Morgan fingerprint density at radius 2 is 1.83 bits per heavy atom. The van der Waals surface area contributed by atoms with Gasteiger partial charge in [-0.2, -0.15) is 4.39 Å². The maximum Gasteiger partial charge on any atom is 0.287 e. The van der Waals surface area contributed by atoms with E-state index >= 15 is 0 Å². The van der Waals surface area contributed by atoms with Crippen molar-refractivity contribution >= 4 is 35.2 Å². The fourth-order valence-corrected chi connectivity index (χ4v) is 4.32. The van der Waals surface area contributed by atoms with Gasteiger partial charge in [-0.1, -0.05) is 30.3 Å². The van der Waals surface area contributed by atoms with E-state index in [1.807, 2.05) is 0 Å². The minimum Gasteiger partial charge on any atom is -0.457 e. The summed E-state index contributed by atoms with van der Waals surface area (Å²) in [5.74, 6) is -0.420. The molecule has 2 N–H and O–H groups in total. The zero-order chi connectivity index (χ0) is 28.8. The molecule has 41 heavy (non-hydrogen) atoms. The van der Waals surface area contributed by atoms with Crippen molar-refractivity contribution in [2.45, 2.75) is 25.4 Å². The number of nitrogens with one attached hydrogen (secondary N) is 2. The van der Waals surface area contributed by atoms with Gasteiger partial charge in [-0.25, -0.2) is 4.98 Å². The van der Waals surface area contributed by atoms with Crippen LogP contribution >= 0.6 is 11.6 Å². The number of nitrogens with zero attached hydrogens (tertiary/aromatic N) is 4. The third kappa shape index (κ3) is 7.13. The predicted molar refractivity (Wildman–Crippen MR) is 152 cm³/mol. The van der Waals surface area contributed by atoms with Crippen molar-refractivity contribution in [1.29, 1.82) is 0 Å². The number of ether oxygens (including phenoxy) is 2. The summed E-state index contributed by atoms with van der Waals surface area (Å²) in [5, 5.41) is 14.7. The molecule has 1 aliphatic heterocycles. The van der Waals surface area contributed by atoms with Crippen LogP contribution in [0.4, 0.5) is 16.0 Å². The number of carbonyl (C=O) groups excluding carboxylic acids is 1. The first kappa shape index (κ1) is 27.9. The van der Waals surface area contributed by atoms with Crippen molar-refractivity contribution in [3.05, 3.63) is 106 Å². The summed E-state index contributed by atoms with van der Waals surface area (Å²) >= 11 is 6.03. The summed E-state index contributed by atoms with van der Waals surface area (Å²) in [6.45, 7) is 4.79. The number of carbonyl (C=O) groups is 1. The Morgan fingerprint density at radius 3 is 2.54 bits per heavy atom. The van der Waals surface area contributed by atoms with Crippen LogP contribution in [0.5, 0.6) is 11.5 Å². The van der Waals surface area contributed by atoms with Gasteiger partial charge in [-0.15, -0.1) is 10.2 Å². The summed E-state index contributed by atoms with van der Waals surface area (Å²) in [5.41, 5.74) is 0.793. The number of hydrogen-bond donors (Lipinski definition) is 2. The van der Waals surface area contributed by atoms with E-state index in [0.29, 0.717) is 48.2 Å². The van der Waals surface area contributed by atoms with Crippen molar-refractivity contribution < 1.29 is 18.7 Å². The van der Waals surface area contributed by atoms with Crippen molar-refractivity contribution in [2.24, 2.45) is 0 Å². The number of anilines is 2. The molecule has 210 valence electrons. The van der Waals surface area contributed by atoms with Crippen LogP contribution in [-0.4, -0.2) is 44.9 Å². The predicted octanol–water partition coefficient (Wildman–Crippen LogP) is 4.96. The molecular weight excluding hydrogens is 551 g/mol. The first-order valence-electron chi connectivity index (χ1n) is 12.8. The minimum atomic E-state index is -0.683. The third-order valence-electron chi connectivity index (χ3n) is 6.32. The van der Waals surface area contributed by atoms with Crippen molar-refractivity contribution in [1.82, 2.24) is 25.1 Å². The van der Waals surface area contributed by atoms with Gasteiger partial charge in [0.15, 0.2) is 0 Å². The quantitative estimate of drug-likeness (QED) is 0.268. The van der Waals surface area contributed by atoms with Gasteiger partial charge in [0.25, 0.3) is 11.5 Å². The van der Waals surface area contributed by atoms with Crippen LogP contribution < -0.4 is 20.9 Å². The molecule has 0 unspecified atom stereocenters. The lowest BCUT2D eigenvalue weighted by atomic mass is 10.1. The van der Waals surface area contributed by atoms with E-state index in [9.17, 15) is 14.0 Å². The van der Waals surface area contributed by atoms with Crippen molar-refractivity contribution in [3.63, 3.8) is 0 Å². The second-order valence-electron chi connectivity index (χ2n) is 9.26. The number of rotatable bonds is 9. The number of benzene rings is 2. The molecular formula is C29H26ClFN6O4. The largest absolute Gasteiger partial charge is 0.457 e. The lowest BCUT2D eigenvalue weighted by molar-refractivity contribution is 0.0692. The number of amides is 1. The van der Waals surface area contributed by atoms with Crippen LogP contribution in [0.15, 0.2) is 72.0 Å². The summed E-state index contributed by atoms with van der Waals surface area (Å²) < 4.78 is 26.2. The normalized spacial score (nSPS) is 13.4. The lowest BCUT2D eigenvalue weighted by Gasteiger charge is -2.23. The highest BCUT2D eigenvalue weighted by molar-refractivity contribution is 6.30. The molecule has 5 rings (SSSR count). The molecule has 1 fully saturated rings. The molecule has 1 aliphatic rings. The monoisotopic (exact) mass is 576 g/mol. The topological polar surface area (TPSA) is 120 Å². The maximum absolute atomic E-state index is 13.7. The molecule has 1 saturated heterocycles. The molecule has 0 atom stereocenters. The lowest BCUT2D eigenvalue weighted by Crippen LogP contribution is -2.43. The van der Waals surface area contributed by atoms with Gasteiger partial charge in [-0.3, -0.25) is 14.2 Å². The molecule has 0 bridgehead atoms. The van der Waals surface area contributed by atoms with E-state index < -0.39 is 17.4 Å². The number of pyridine rings is 1. The van der Waals surface area contributed by atoms with E-state index in [1.165, 1.54) is 16.7 Å². The summed E-state index contributed by atoms with van der Waals surface area (Å²) in [4.78, 5) is 30.2. The van der Waals surface area contributed by atoms with Crippen LogP contribution in [0.3, 0.4) is 0 Å². The third-order valence-corrected chi connectivity index (χ3v) is 6.57. The van der Waals surface area contributed by atoms with Crippen LogP contribution in [0.25, 0.3) is 6.08 Å². The molecule has 12 heteroatoms. The molecule has 0 saturated carbocycles. The average molecular weight is 577 g/mol. The highest BCUT2D eigenvalue weighted by atomic mass is 35.5. The minimum absolute atomic E-state index is 0.104. The van der Waals surface area contributed by atoms with E-state index in [4.69, 9.17) is 21.1 Å². The second kappa shape index (κ2) is 12.7. The maximum atomic E-state index is 13.7. The number of hydrogen-bond acceptors (Lipinski definition) is 8. The van der Waals surface area contributed by atoms with E-state index in [1.54, 1.807) is 54.6 Å². The van der Waals surface area contributed by atoms with Crippen LogP contribution in [0, 0.1) is 5.95 Å². The van der Waals surface area contributed by atoms with Gasteiger partial charge in [0.1, 0.15) is 11.5 Å². The number of halogens is 2. The zero-order valence-corrected chi connectivity index (χ0v) is 22.6. The summed E-state index contributed by atoms with van der Waals surface area (Å²) in [6.07, 6.45) is 2.74. The van der Waals surface area contributed by atoms with Gasteiger partial charge in [0, 0.05) is 42.1 Å². The SMILES string of the molecule is C=Cc1cc(Oc2ccc(Nc3nnc(C(=O)NC4CCOCC4)c(=O)n3Cc3ccc(Cl)cc3)cc2)cc(F)n1. The molecule has 4 aromatic rings. The smallest absolute Gasteiger partial charge is 0.287 e. The van der Waals surface area contributed by atoms with Gasteiger partial charge in [0.2, 0.25) is 17.6 Å². The Bertz CT molecular complexity index is 1610. The second-order valence-corrected chi connectivity index (χ2v) is 9.69. The molecule has 3 heterocycles. The van der Waals surface area contributed by atoms with Gasteiger partial charge in [-0.05, 0) is 60.9 Å². The fraction of sp³-hybridized carbons (Fsp3) is 0.207. The first-order valence-corrected chi connectivity index (χ1v) is 13.2. The molecule has 2 aromatic carbocycles. The van der Waals surface area contributed by atoms with Crippen molar-refractivity contribution in [2.75, 3.05) is 18.5 Å². The van der Waals surface area contributed by atoms with Gasteiger partial charge >= 0.3 is 0 Å². The molecule has 0 spiro atoms. The van der Waals surface area contributed by atoms with E-state index in [0.717, 1.165) is 5.56 Å². The molecule has 0 aliphatic carbocycles. The average Bonchev–Trinajstić information content (AvgIpc) is 2.97. The summed E-state index contributed by atoms with van der Waals surface area (Å²) in [7, 11) is 0. The molecule has 2 aromatic heterocycles. The highest BCUT2D eigenvalue weighted by Crippen LogP contribution is 2.25. The van der Waals surface area contributed by atoms with Crippen LogP contribution in [-0.2, 0) is 11.3 Å². The zero-order valence-electron chi connectivity index (χ0n) is 21.8. The summed E-state index contributed by atoms with van der Waals surface area (Å²) in [6, 6.07) is 16.4. The standard InChI is InChI=1S/C29H26ClFN6O4/c1-2-20-15-24(16-25(31)32-20)41-23-9-7-21(8-10-23)34-29-36-35-26(27(38)33-22-11-13-40-14-12-22)28(39)37(29)17-18-3-5-19(30)6-4-18/h2-10,15-16,22H,1,11-14,17H2,(H,33,38)(H,34,36).